The third-order valence-electron chi connectivity index (χ3n) is 2.94. The molecule has 2 aromatic rings. The van der Waals surface area contributed by atoms with Gasteiger partial charge in [0.2, 0.25) is 0 Å². The van der Waals surface area contributed by atoms with E-state index in [-0.39, 0.29) is 21.7 Å². The first-order valence-electron chi connectivity index (χ1n) is 6.10. The quantitative estimate of drug-likeness (QED) is 0.883. The smallest absolute Gasteiger partial charge is 0.184 e. The lowest BCUT2D eigenvalue weighted by Gasteiger charge is -2.09. The van der Waals surface area contributed by atoms with Gasteiger partial charge in [0.1, 0.15) is 5.82 Å². The highest BCUT2D eigenvalue weighted by Crippen LogP contribution is 2.24. The Morgan fingerprint density at radius 1 is 1.24 bits per heavy atom. The number of rotatable bonds is 3. The zero-order valence-electron chi connectivity index (χ0n) is 11.3. The molecule has 0 spiro atoms. The van der Waals surface area contributed by atoms with Gasteiger partial charge in [-0.25, -0.2) is 12.8 Å². The number of hydrogen-bond donors (Lipinski definition) is 1. The van der Waals surface area contributed by atoms with Crippen LogP contribution in [0, 0.1) is 24.1 Å². The van der Waals surface area contributed by atoms with E-state index in [2.05, 4.69) is 0 Å². The summed E-state index contributed by atoms with van der Waals surface area (Å²) in [6.45, 7) is 1.80. The minimum Gasteiger partial charge on any atom is -0.398 e. The molecule has 0 atom stereocenters. The molecule has 2 N–H and O–H groups in total. The molecule has 0 aliphatic rings. The molecule has 0 aliphatic carbocycles. The number of nitrogens with two attached hydrogens (primary N) is 1. The Kier molecular flexibility index (Phi) is 3.96. The van der Waals surface area contributed by atoms with Crippen molar-refractivity contribution in [2.45, 2.75) is 17.6 Å². The number of sulfone groups is 1. The maximum Gasteiger partial charge on any atom is 0.184 e. The Morgan fingerprint density at radius 3 is 2.57 bits per heavy atom. The Hall–Kier alpha value is -2.39. The van der Waals surface area contributed by atoms with Gasteiger partial charge in [-0.1, -0.05) is 6.07 Å². The van der Waals surface area contributed by atoms with Crippen LogP contribution in [-0.2, 0) is 15.6 Å². The maximum absolute atomic E-state index is 13.4. The summed E-state index contributed by atoms with van der Waals surface area (Å²) in [6, 6.07) is 9.95. The van der Waals surface area contributed by atoms with Gasteiger partial charge in [-0.05, 0) is 48.4 Å². The van der Waals surface area contributed by atoms with Crippen LogP contribution in [0.3, 0.4) is 0 Å². The average molecular weight is 304 g/mol. The van der Waals surface area contributed by atoms with E-state index in [0.29, 0.717) is 0 Å². The van der Waals surface area contributed by atoms with Crippen molar-refractivity contribution < 1.29 is 12.8 Å². The number of nitriles is 1. The normalized spacial score (nSPS) is 11.1. The number of hydrogen-bond acceptors (Lipinski definition) is 4. The van der Waals surface area contributed by atoms with E-state index >= 15 is 0 Å². The fraction of sp³-hybridized carbons (Fsp3) is 0.133. The number of nitrogens with zero attached hydrogens (tertiary/aromatic N) is 1. The van der Waals surface area contributed by atoms with Gasteiger partial charge < -0.3 is 5.73 Å². The van der Waals surface area contributed by atoms with Crippen LogP contribution in [0.5, 0.6) is 0 Å². The summed E-state index contributed by atoms with van der Waals surface area (Å²) in [5.41, 5.74) is 7.05. The average Bonchev–Trinajstić information content (AvgIpc) is 2.36. The number of aryl methyl sites for hydroxylation is 1. The van der Waals surface area contributed by atoms with Crippen LogP contribution in [0.4, 0.5) is 10.1 Å². The Bertz CT molecular complexity index is 839. The van der Waals surface area contributed by atoms with Crippen molar-refractivity contribution in [1.29, 1.82) is 5.26 Å². The van der Waals surface area contributed by atoms with Crippen molar-refractivity contribution in [1.82, 2.24) is 0 Å². The SMILES string of the molecule is Cc1ccc(S(=O)(=O)Cc2cc(F)cc(C#N)c2)c(N)c1. The molecule has 0 amide bonds. The van der Waals surface area contributed by atoms with E-state index in [1.165, 1.54) is 12.1 Å². The second-order valence-corrected chi connectivity index (χ2v) is 6.72. The molecule has 0 saturated heterocycles. The highest BCUT2D eigenvalue weighted by atomic mass is 32.2. The van der Waals surface area contributed by atoms with Gasteiger partial charge in [0.05, 0.1) is 28.0 Å². The van der Waals surface area contributed by atoms with Crippen molar-refractivity contribution in [3.8, 4) is 6.07 Å². The summed E-state index contributed by atoms with van der Waals surface area (Å²) in [6.07, 6.45) is 0. The van der Waals surface area contributed by atoms with Crippen LogP contribution in [0.15, 0.2) is 41.3 Å². The molecule has 0 radical (unpaired) electrons. The van der Waals surface area contributed by atoms with E-state index in [1.54, 1.807) is 25.1 Å². The van der Waals surface area contributed by atoms with Crippen molar-refractivity contribution >= 4 is 15.5 Å². The van der Waals surface area contributed by atoms with Gasteiger partial charge in [0.25, 0.3) is 0 Å². The molecule has 0 unspecified atom stereocenters. The van der Waals surface area contributed by atoms with Crippen LogP contribution in [-0.4, -0.2) is 8.42 Å². The van der Waals surface area contributed by atoms with Crippen molar-refractivity contribution in [3.05, 3.63) is 58.9 Å². The lowest BCUT2D eigenvalue weighted by molar-refractivity contribution is 0.595. The van der Waals surface area contributed by atoms with Gasteiger partial charge in [-0.3, -0.25) is 0 Å². The van der Waals surface area contributed by atoms with Gasteiger partial charge in [-0.2, -0.15) is 5.26 Å². The molecule has 4 nitrogen and oxygen atoms in total. The number of nitrogen functional groups attached to an aromatic ring is 1. The summed E-state index contributed by atoms with van der Waals surface area (Å²) >= 11 is 0. The monoisotopic (exact) mass is 304 g/mol. The molecular weight excluding hydrogens is 291 g/mol. The lowest BCUT2D eigenvalue weighted by Crippen LogP contribution is -2.08. The lowest BCUT2D eigenvalue weighted by atomic mass is 10.1. The molecule has 108 valence electrons. The van der Waals surface area contributed by atoms with E-state index in [4.69, 9.17) is 11.0 Å². The topological polar surface area (TPSA) is 84.0 Å². The van der Waals surface area contributed by atoms with Gasteiger partial charge in [-0.15, -0.1) is 0 Å². The largest absolute Gasteiger partial charge is 0.398 e. The van der Waals surface area contributed by atoms with Crippen molar-refractivity contribution in [2.75, 3.05) is 5.73 Å². The second kappa shape index (κ2) is 5.54. The third-order valence-corrected chi connectivity index (χ3v) is 4.70. The van der Waals surface area contributed by atoms with Crippen LogP contribution in [0.2, 0.25) is 0 Å². The Balaban J connectivity index is 2.42. The third kappa shape index (κ3) is 3.38. The summed E-state index contributed by atoms with van der Waals surface area (Å²) in [5.74, 6) is -1.05. The van der Waals surface area contributed by atoms with Crippen LogP contribution < -0.4 is 5.73 Å². The predicted molar refractivity (Wildman–Crippen MR) is 77.6 cm³/mol. The molecule has 0 fully saturated rings. The maximum atomic E-state index is 13.4. The van der Waals surface area contributed by atoms with Crippen LogP contribution in [0.25, 0.3) is 0 Å². The van der Waals surface area contributed by atoms with Crippen LogP contribution in [0.1, 0.15) is 16.7 Å². The van der Waals surface area contributed by atoms with Crippen molar-refractivity contribution in [3.63, 3.8) is 0 Å². The Morgan fingerprint density at radius 2 is 1.95 bits per heavy atom. The molecule has 0 aromatic heterocycles. The summed E-state index contributed by atoms with van der Waals surface area (Å²) < 4.78 is 38.1. The molecular formula is C15H13FN2O2S. The number of halogens is 1. The fourth-order valence-corrected chi connectivity index (χ4v) is 3.50. The molecule has 21 heavy (non-hydrogen) atoms. The Labute approximate surface area is 122 Å². The minimum atomic E-state index is -3.70. The summed E-state index contributed by atoms with van der Waals surface area (Å²) in [4.78, 5) is 0.0101. The molecule has 0 bridgehead atoms. The predicted octanol–water partition coefficient (Wildman–Crippen LogP) is 2.56. The highest BCUT2D eigenvalue weighted by molar-refractivity contribution is 7.90. The molecule has 0 aliphatic heterocycles. The first kappa shape index (κ1) is 15.0. The first-order chi connectivity index (χ1) is 9.81. The molecule has 0 heterocycles. The van der Waals surface area contributed by atoms with Gasteiger partial charge in [0, 0.05) is 0 Å². The van der Waals surface area contributed by atoms with Crippen molar-refractivity contribution in [2.24, 2.45) is 0 Å². The van der Waals surface area contributed by atoms with Crippen LogP contribution >= 0.6 is 0 Å². The number of anilines is 1. The standard InChI is InChI=1S/C15H13FN2O2S/c1-10-2-3-15(14(18)4-10)21(19,20)9-12-5-11(8-17)6-13(16)7-12/h2-7H,9,18H2,1H3. The zero-order chi connectivity index (χ0) is 15.6. The summed E-state index contributed by atoms with van der Waals surface area (Å²) in [5, 5.41) is 8.79. The first-order valence-corrected chi connectivity index (χ1v) is 7.75. The molecule has 6 heteroatoms. The van der Waals surface area contributed by atoms with E-state index < -0.39 is 21.4 Å². The van der Waals surface area contributed by atoms with Gasteiger partial charge in [0.15, 0.2) is 9.84 Å². The minimum absolute atomic E-state index is 0.0101. The highest BCUT2D eigenvalue weighted by Gasteiger charge is 2.19. The van der Waals surface area contributed by atoms with E-state index in [1.807, 2.05) is 0 Å². The molecule has 2 rings (SSSR count). The number of benzene rings is 2. The van der Waals surface area contributed by atoms with E-state index in [9.17, 15) is 12.8 Å². The second-order valence-electron chi connectivity index (χ2n) is 4.76. The fourth-order valence-electron chi connectivity index (χ4n) is 2.05. The van der Waals surface area contributed by atoms with E-state index in [0.717, 1.165) is 17.7 Å². The summed E-state index contributed by atoms with van der Waals surface area (Å²) in [7, 11) is -3.70. The molecule has 2 aromatic carbocycles. The van der Waals surface area contributed by atoms with Gasteiger partial charge >= 0.3 is 0 Å². The molecule has 0 saturated carbocycles. The zero-order valence-corrected chi connectivity index (χ0v) is 12.1.